The van der Waals surface area contributed by atoms with E-state index in [1.807, 2.05) is 6.92 Å². The highest BCUT2D eigenvalue weighted by atomic mass is 16.6. The molecule has 0 radical (unpaired) electrons. The van der Waals surface area contributed by atoms with Gasteiger partial charge in [-0.2, -0.15) is 4.74 Å². The van der Waals surface area contributed by atoms with E-state index in [0.717, 1.165) is 4.74 Å². The topological polar surface area (TPSA) is 97.7 Å². The van der Waals surface area contributed by atoms with Gasteiger partial charge in [0.15, 0.2) is 5.69 Å². The summed E-state index contributed by atoms with van der Waals surface area (Å²) in [5.41, 5.74) is -0.612. The first-order chi connectivity index (χ1) is 10.1. The summed E-state index contributed by atoms with van der Waals surface area (Å²) < 4.78 is 11.1. The number of nitrogens with zero attached hydrogens (tertiary/aromatic N) is 4. The number of ether oxygens (including phenoxy) is 1. The molecule has 1 N–H and O–H groups in total. The van der Waals surface area contributed by atoms with Crippen molar-refractivity contribution in [2.75, 3.05) is 26.3 Å². The molecule has 0 spiro atoms. The van der Waals surface area contributed by atoms with Gasteiger partial charge in [-0.1, -0.05) is 10.3 Å². The Kier molecular flexibility index (Phi) is 2.66. The molecule has 0 saturated carbocycles. The zero-order valence-electron chi connectivity index (χ0n) is 11.9. The van der Waals surface area contributed by atoms with E-state index in [2.05, 4.69) is 15.2 Å². The fourth-order valence-electron chi connectivity index (χ4n) is 3.85. The SMILES string of the molecule is C[C@@]1(N2CCOCC2)C[C@]2(O)C(=[N+]1[O-])CCc1nonc12. The van der Waals surface area contributed by atoms with Crippen LogP contribution in [0.1, 0.15) is 31.2 Å². The Labute approximate surface area is 121 Å². The molecule has 0 amide bonds. The quantitative estimate of drug-likeness (QED) is 0.556. The fraction of sp³-hybridized carbons (Fsp3) is 0.769. The summed E-state index contributed by atoms with van der Waals surface area (Å²) in [6, 6.07) is 0. The molecule has 1 saturated heterocycles. The van der Waals surface area contributed by atoms with Gasteiger partial charge in [0.2, 0.25) is 17.0 Å². The van der Waals surface area contributed by atoms with Gasteiger partial charge in [0.1, 0.15) is 5.69 Å². The minimum absolute atomic E-state index is 0.278. The van der Waals surface area contributed by atoms with Crippen molar-refractivity contribution in [2.24, 2.45) is 0 Å². The number of aryl methyl sites for hydroxylation is 1. The summed E-state index contributed by atoms with van der Waals surface area (Å²) in [5, 5.41) is 31.6. The lowest BCUT2D eigenvalue weighted by atomic mass is 9.81. The average Bonchev–Trinajstić information content (AvgIpc) is 3.04. The predicted octanol–water partition coefficient (Wildman–Crippen LogP) is -0.393. The van der Waals surface area contributed by atoms with Crippen LogP contribution in [-0.4, -0.2) is 62.7 Å². The maximum Gasteiger partial charge on any atom is 0.230 e. The maximum absolute atomic E-state index is 12.9. The highest BCUT2D eigenvalue weighted by Crippen LogP contribution is 2.45. The van der Waals surface area contributed by atoms with E-state index in [0.29, 0.717) is 56.2 Å². The first-order valence-electron chi connectivity index (χ1n) is 7.26. The minimum Gasteiger partial charge on any atom is -0.622 e. The Hall–Kier alpha value is -1.51. The van der Waals surface area contributed by atoms with E-state index in [1.54, 1.807) is 0 Å². The lowest BCUT2D eigenvalue weighted by Gasteiger charge is -2.38. The maximum atomic E-state index is 12.9. The lowest BCUT2D eigenvalue weighted by molar-refractivity contribution is -0.572. The molecule has 114 valence electrons. The molecule has 1 aromatic rings. The van der Waals surface area contributed by atoms with Gasteiger partial charge >= 0.3 is 0 Å². The Balaban J connectivity index is 1.77. The number of hydrogen-bond acceptors (Lipinski definition) is 7. The third-order valence-corrected chi connectivity index (χ3v) is 4.99. The van der Waals surface area contributed by atoms with E-state index in [9.17, 15) is 10.3 Å². The van der Waals surface area contributed by atoms with Crippen LogP contribution in [0.25, 0.3) is 0 Å². The molecular weight excluding hydrogens is 276 g/mol. The van der Waals surface area contributed by atoms with Crippen LogP contribution >= 0.6 is 0 Å². The van der Waals surface area contributed by atoms with E-state index in [-0.39, 0.29) is 6.42 Å². The lowest BCUT2D eigenvalue weighted by Crippen LogP contribution is -2.55. The van der Waals surface area contributed by atoms with Crippen LogP contribution in [0.3, 0.4) is 0 Å². The molecule has 0 aromatic carbocycles. The number of rotatable bonds is 1. The molecule has 1 aromatic heterocycles. The molecule has 3 heterocycles. The molecule has 1 fully saturated rings. The molecule has 0 unspecified atom stereocenters. The van der Waals surface area contributed by atoms with Gasteiger partial charge in [0.25, 0.3) is 0 Å². The Morgan fingerprint density at radius 3 is 2.81 bits per heavy atom. The molecule has 21 heavy (non-hydrogen) atoms. The summed E-state index contributed by atoms with van der Waals surface area (Å²) >= 11 is 0. The van der Waals surface area contributed by atoms with Crippen molar-refractivity contribution in [1.29, 1.82) is 0 Å². The molecule has 0 bridgehead atoms. The van der Waals surface area contributed by atoms with E-state index in [1.165, 1.54) is 0 Å². The van der Waals surface area contributed by atoms with Crippen LogP contribution in [0.2, 0.25) is 0 Å². The van der Waals surface area contributed by atoms with Gasteiger partial charge in [-0.25, -0.2) is 9.53 Å². The molecule has 2 aliphatic heterocycles. The number of morpholine rings is 1. The Bertz CT molecular complexity index is 609. The third kappa shape index (κ3) is 1.63. The van der Waals surface area contributed by atoms with Crippen LogP contribution in [0.5, 0.6) is 0 Å². The summed E-state index contributed by atoms with van der Waals surface area (Å²) in [5.74, 6) is 0. The summed E-state index contributed by atoms with van der Waals surface area (Å²) in [4.78, 5) is 2.08. The number of hydrogen-bond donors (Lipinski definition) is 1. The van der Waals surface area contributed by atoms with Gasteiger partial charge in [-0.05, 0) is 0 Å². The second kappa shape index (κ2) is 4.25. The summed E-state index contributed by atoms with van der Waals surface area (Å²) in [6.07, 6.45) is 1.34. The number of aromatic nitrogens is 2. The number of hydroxylamine groups is 1. The van der Waals surface area contributed by atoms with Gasteiger partial charge in [0.05, 0.1) is 19.6 Å². The monoisotopic (exact) mass is 294 g/mol. The molecule has 2 atom stereocenters. The largest absolute Gasteiger partial charge is 0.622 e. The first-order valence-corrected chi connectivity index (χ1v) is 7.26. The molecule has 8 nitrogen and oxygen atoms in total. The molecule has 4 rings (SSSR count). The van der Waals surface area contributed by atoms with Gasteiger partial charge < -0.3 is 15.1 Å². The van der Waals surface area contributed by atoms with Crippen LogP contribution in [-0.2, 0) is 16.8 Å². The molecule has 8 heteroatoms. The summed E-state index contributed by atoms with van der Waals surface area (Å²) in [7, 11) is 0. The summed E-state index contributed by atoms with van der Waals surface area (Å²) in [6.45, 7) is 4.45. The Morgan fingerprint density at radius 1 is 1.29 bits per heavy atom. The van der Waals surface area contributed by atoms with Gasteiger partial charge in [0, 0.05) is 32.9 Å². The fourth-order valence-corrected chi connectivity index (χ4v) is 3.85. The molecule has 1 aliphatic carbocycles. The predicted molar refractivity (Wildman–Crippen MR) is 70.6 cm³/mol. The number of aliphatic hydroxyl groups is 1. The first kappa shape index (κ1) is 13.2. The standard InChI is InChI=1S/C13H18N4O4/c1-12(16-4-6-20-7-5-16)8-13(18)10(17(12)19)3-2-9-11(13)15-21-14-9/h18H,2-8H2,1H3/t12-,13-/m0/s1. The van der Waals surface area contributed by atoms with Crippen LogP contribution < -0.4 is 0 Å². The van der Waals surface area contributed by atoms with Crippen molar-refractivity contribution in [3.8, 4) is 0 Å². The van der Waals surface area contributed by atoms with E-state index >= 15 is 0 Å². The van der Waals surface area contributed by atoms with Gasteiger partial charge in [-0.15, -0.1) is 0 Å². The minimum atomic E-state index is -1.36. The van der Waals surface area contributed by atoms with E-state index in [4.69, 9.17) is 9.37 Å². The zero-order valence-corrected chi connectivity index (χ0v) is 11.9. The van der Waals surface area contributed by atoms with Crippen molar-refractivity contribution in [1.82, 2.24) is 15.2 Å². The highest BCUT2D eigenvalue weighted by molar-refractivity contribution is 5.92. The smallest absolute Gasteiger partial charge is 0.230 e. The van der Waals surface area contributed by atoms with Crippen molar-refractivity contribution in [3.63, 3.8) is 0 Å². The van der Waals surface area contributed by atoms with Crippen LogP contribution in [0, 0.1) is 5.21 Å². The molecular formula is C13H18N4O4. The van der Waals surface area contributed by atoms with Gasteiger partial charge in [-0.3, -0.25) is 0 Å². The van der Waals surface area contributed by atoms with Crippen LogP contribution in [0.15, 0.2) is 4.63 Å². The zero-order chi connectivity index (χ0) is 14.7. The second-order valence-corrected chi connectivity index (χ2v) is 6.15. The third-order valence-electron chi connectivity index (χ3n) is 4.99. The molecule has 3 aliphatic rings. The normalized spacial score (nSPS) is 36.7. The average molecular weight is 294 g/mol. The Morgan fingerprint density at radius 2 is 2.05 bits per heavy atom. The van der Waals surface area contributed by atoms with Crippen LogP contribution in [0.4, 0.5) is 0 Å². The number of fused-ring (bicyclic) bond motifs is 3. The van der Waals surface area contributed by atoms with Crippen molar-refractivity contribution < 1.29 is 19.2 Å². The highest BCUT2D eigenvalue weighted by Gasteiger charge is 2.63. The van der Waals surface area contributed by atoms with E-state index < -0.39 is 11.3 Å². The van der Waals surface area contributed by atoms with Crippen molar-refractivity contribution in [2.45, 2.75) is 37.5 Å². The second-order valence-electron chi connectivity index (χ2n) is 6.15. The van der Waals surface area contributed by atoms with Crippen molar-refractivity contribution >= 4 is 5.71 Å². The van der Waals surface area contributed by atoms with Crippen molar-refractivity contribution in [3.05, 3.63) is 16.6 Å².